The lowest BCUT2D eigenvalue weighted by molar-refractivity contribution is 0.102. The second-order valence-electron chi connectivity index (χ2n) is 5.42. The quantitative estimate of drug-likeness (QED) is 0.697. The van der Waals surface area contributed by atoms with Crippen molar-refractivity contribution in [2.75, 3.05) is 5.32 Å². The summed E-state index contributed by atoms with van der Waals surface area (Å²) in [5.41, 5.74) is 0.0874. The van der Waals surface area contributed by atoms with E-state index in [0.29, 0.717) is 22.4 Å². The third-order valence-corrected chi connectivity index (χ3v) is 4.40. The first-order chi connectivity index (χ1) is 11.7. The van der Waals surface area contributed by atoms with Crippen LogP contribution in [0.1, 0.15) is 36.7 Å². The number of rotatable bonds is 6. The first kappa shape index (κ1) is 16.3. The molecule has 0 aliphatic rings. The number of unbranched alkanes of at least 4 members (excludes halogenated alkanes) is 2. The number of hydrogen-bond acceptors (Lipinski definition) is 5. The molecule has 0 fully saturated rings. The largest absolute Gasteiger partial charge is 0.296 e. The third-order valence-electron chi connectivity index (χ3n) is 3.71. The molecule has 0 spiro atoms. The van der Waals surface area contributed by atoms with Crippen molar-refractivity contribution in [3.05, 3.63) is 51.9 Å². The Bertz CT molecular complexity index is 903. The van der Waals surface area contributed by atoms with Gasteiger partial charge in [-0.3, -0.25) is 14.9 Å². The van der Waals surface area contributed by atoms with Gasteiger partial charge >= 0.3 is 0 Å². The number of aromatic nitrogens is 3. The summed E-state index contributed by atoms with van der Waals surface area (Å²) >= 11 is 1.34. The maximum absolute atomic E-state index is 12.6. The first-order valence-electron chi connectivity index (χ1n) is 7.91. The van der Waals surface area contributed by atoms with Crippen LogP contribution in [0.4, 0.5) is 5.13 Å². The molecule has 3 aromatic rings. The molecule has 1 aromatic carbocycles. The zero-order chi connectivity index (χ0) is 16.9. The molecule has 0 bridgehead atoms. The summed E-state index contributed by atoms with van der Waals surface area (Å²) in [6.07, 6.45) is 4.55. The van der Waals surface area contributed by atoms with Crippen LogP contribution in [-0.4, -0.2) is 20.7 Å². The number of fused-ring (bicyclic) bond motifs is 1. The van der Waals surface area contributed by atoms with Crippen LogP contribution in [0.15, 0.2) is 40.6 Å². The van der Waals surface area contributed by atoms with Crippen molar-refractivity contribution < 1.29 is 4.79 Å². The van der Waals surface area contributed by atoms with Crippen LogP contribution in [0.2, 0.25) is 0 Å². The van der Waals surface area contributed by atoms with Gasteiger partial charge in [0, 0.05) is 23.5 Å². The fraction of sp³-hybridized carbons (Fsp3) is 0.294. The van der Waals surface area contributed by atoms with Crippen LogP contribution in [0.5, 0.6) is 0 Å². The van der Waals surface area contributed by atoms with Gasteiger partial charge in [0.15, 0.2) is 10.8 Å². The van der Waals surface area contributed by atoms with Crippen molar-refractivity contribution in [1.82, 2.24) is 14.8 Å². The highest BCUT2D eigenvalue weighted by Gasteiger charge is 2.17. The Morgan fingerprint density at radius 1 is 1.25 bits per heavy atom. The molecule has 24 heavy (non-hydrogen) atoms. The van der Waals surface area contributed by atoms with Crippen molar-refractivity contribution in [3.63, 3.8) is 0 Å². The van der Waals surface area contributed by atoms with E-state index in [-0.39, 0.29) is 17.2 Å². The third kappa shape index (κ3) is 3.35. The number of anilines is 1. The Labute approximate surface area is 143 Å². The SMILES string of the molecule is CCCCCn1nc(C(=O)Nc2nccs2)c2ccccc2c1=O. The molecule has 1 N–H and O–H groups in total. The zero-order valence-electron chi connectivity index (χ0n) is 13.4. The van der Waals surface area contributed by atoms with Crippen LogP contribution >= 0.6 is 11.3 Å². The molecule has 0 aliphatic carbocycles. The Morgan fingerprint density at radius 3 is 2.75 bits per heavy atom. The predicted octanol–water partition coefficient (Wildman–Crippen LogP) is 3.30. The molecule has 124 valence electrons. The van der Waals surface area contributed by atoms with Crippen molar-refractivity contribution >= 4 is 33.1 Å². The predicted molar refractivity (Wildman–Crippen MR) is 95.6 cm³/mol. The molecule has 2 aromatic heterocycles. The van der Waals surface area contributed by atoms with E-state index in [2.05, 4.69) is 22.3 Å². The van der Waals surface area contributed by atoms with Crippen molar-refractivity contribution in [1.29, 1.82) is 0 Å². The maximum Gasteiger partial charge on any atom is 0.278 e. The van der Waals surface area contributed by atoms with Gasteiger partial charge in [-0.1, -0.05) is 38.0 Å². The number of nitrogens with one attached hydrogen (secondary N) is 1. The molecule has 1 amide bonds. The Kier molecular flexibility index (Phi) is 5.00. The van der Waals surface area contributed by atoms with Gasteiger partial charge in [-0.25, -0.2) is 9.67 Å². The van der Waals surface area contributed by atoms with Gasteiger partial charge in [0.05, 0.1) is 5.39 Å². The molecule has 2 heterocycles. The lowest BCUT2D eigenvalue weighted by Gasteiger charge is -2.10. The smallest absolute Gasteiger partial charge is 0.278 e. The first-order valence-corrected chi connectivity index (χ1v) is 8.79. The van der Waals surface area contributed by atoms with Gasteiger partial charge in [-0.15, -0.1) is 11.3 Å². The van der Waals surface area contributed by atoms with E-state index in [0.717, 1.165) is 19.3 Å². The molecule has 0 atom stereocenters. The summed E-state index contributed by atoms with van der Waals surface area (Å²) < 4.78 is 1.40. The lowest BCUT2D eigenvalue weighted by Crippen LogP contribution is -2.27. The molecule has 6 nitrogen and oxygen atoms in total. The van der Waals surface area contributed by atoms with E-state index in [4.69, 9.17) is 0 Å². The van der Waals surface area contributed by atoms with Crippen LogP contribution in [0, 0.1) is 0 Å². The summed E-state index contributed by atoms with van der Waals surface area (Å²) in [7, 11) is 0. The maximum atomic E-state index is 12.6. The fourth-order valence-electron chi connectivity index (χ4n) is 2.51. The summed E-state index contributed by atoms with van der Waals surface area (Å²) in [5.74, 6) is -0.356. The van der Waals surface area contributed by atoms with Gasteiger partial charge in [0.2, 0.25) is 0 Å². The molecule has 0 saturated heterocycles. The fourth-order valence-corrected chi connectivity index (χ4v) is 3.03. The number of benzene rings is 1. The van der Waals surface area contributed by atoms with Gasteiger partial charge in [-0.2, -0.15) is 5.10 Å². The molecule has 0 radical (unpaired) electrons. The number of amides is 1. The standard InChI is InChI=1S/C17H18N4O2S/c1-2-3-6-10-21-16(23)13-8-5-4-7-12(13)14(20-21)15(22)19-17-18-9-11-24-17/h4-5,7-9,11H,2-3,6,10H2,1H3,(H,18,19,22). The highest BCUT2D eigenvalue weighted by atomic mass is 32.1. The van der Waals surface area contributed by atoms with Crippen LogP contribution < -0.4 is 10.9 Å². The second kappa shape index (κ2) is 7.35. The molecule has 0 unspecified atom stereocenters. The van der Waals surface area contributed by atoms with E-state index in [1.165, 1.54) is 16.0 Å². The summed E-state index contributed by atoms with van der Waals surface area (Å²) in [6, 6.07) is 7.07. The average Bonchev–Trinajstić information content (AvgIpc) is 3.10. The van der Waals surface area contributed by atoms with E-state index < -0.39 is 0 Å². The minimum Gasteiger partial charge on any atom is -0.296 e. The molecule has 3 rings (SSSR count). The van der Waals surface area contributed by atoms with Gasteiger partial charge in [0.25, 0.3) is 11.5 Å². The van der Waals surface area contributed by atoms with Gasteiger partial charge in [-0.05, 0) is 12.5 Å². The van der Waals surface area contributed by atoms with E-state index in [1.807, 2.05) is 0 Å². The summed E-state index contributed by atoms with van der Waals surface area (Å²) in [4.78, 5) is 29.2. The zero-order valence-corrected chi connectivity index (χ0v) is 14.2. The van der Waals surface area contributed by atoms with E-state index >= 15 is 0 Å². The van der Waals surface area contributed by atoms with Crippen LogP contribution in [0.3, 0.4) is 0 Å². The highest BCUT2D eigenvalue weighted by molar-refractivity contribution is 7.13. The second-order valence-corrected chi connectivity index (χ2v) is 6.32. The van der Waals surface area contributed by atoms with Crippen LogP contribution in [-0.2, 0) is 6.54 Å². The Morgan fingerprint density at radius 2 is 2.04 bits per heavy atom. The van der Waals surface area contributed by atoms with Crippen molar-refractivity contribution in [2.24, 2.45) is 0 Å². The topological polar surface area (TPSA) is 76.9 Å². The molecule has 0 saturated carbocycles. The van der Waals surface area contributed by atoms with Gasteiger partial charge in [0.1, 0.15) is 0 Å². The summed E-state index contributed by atoms with van der Waals surface area (Å²) in [6.45, 7) is 2.61. The molecular weight excluding hydrogens is 324 g/mol. The number of carbonyl (C=O) groups excluding carboxylic acids is 1. The average molecular weight is 342 g/mol. The van der Waals surface area contributed by atoms with E-state index in [9.17, 15) is 9.59 Å². The normalized spacial score (nSPS) is 10.9. The number of nitrogens with zero attached hydrogens (tertiary/aromatic N) is 3. The number of hydrogen-bond donors (Lipinski definition) is 1. The minimum absolute atomic E-state index is 0.160. The molecule has 7 heteroatoms. The monoisotopic (exact) mass is 342 g/mol. The Balaban J connectivity index is 2.03. The highest BCUT2D eigenvalue weighted by Crippen LogP contribution is 2.17. The lowest BCUT2D eigenvalue weighted by atomic mass is 10.1. The van der Waals surface area contributed by atoms with Crippen molar-refractivity contribution in [3.8, 4) is 0 Å². The van der Waals surface area contributed by atoms with Gasteiger partial charge < -0.3 is 0 Å². The summed E-state index contributed by atoms with van der Waals surface area (Å²) in [5, 5.41) is 10.4. The number of aryl methyl sites for hydroxylation is 1. The van der Waals surface area contributed by atoms with Crippen molar-refractivity contribution in [2.45, 2.75) is 32.7 Å². The number of carbonyl (C=O) groups is 1. The van der Waals surface area contributed by atoms with Crippen LogP contribution in [0.25, 0.3) is 10.8 Å². The number of thiazole rings is 1. The molecular formula is C17H18N4O2S. The Hall–Kier alpha value is -2.54. The minimum atomic E-state index is -0.356. The molecule has 0 aliphatic heterocycles. The van der Waals surface area contributed by atoms with E-state index in [1.54, 1.807) is 35.8 Å².